The van der Waals surface area contributed by atoms with E-state index >= 15 is 0 Å². The van der Waals surface area contributed by atoms with Crippen LogP contribution in [0.3, 0.4) is 0 Å². The van der Waals surface area contributed by atoms with Crippen molar-refractivity contribution in [2.24, 2.45) is 5.92 Å². The first-order chi connectivity index (χ1) is 13.1. The number of para-hydroxylation sites is 1. The summed E-state index contributed by atoms with van der Waals surface area (Å²) >= 11 is 0. The van der Waals surface area contributed by atoms with Crippen LogP contribution in [-0.2, 0) is 6.54 Å². The lowest BCUT2D eigenvalue weighted by Crippen LogP contribution is -2.31. The third kappa shape index (κ3) is 5.14. The lowest BCUT2D eigenvalue weighted by Gasteiger charge is -2.22. The summed E-state index contributed by atoms with van der Waals surface area (Å²) < 4.78 is 0. The summed E-state index contributed by atoms with van der Waals surface area (Å²) in [6, 6.07) is 23.1. The number of amides is 1. The van der Waals surface area contributed by atoms with Crippen LogP contribution in [0.25, 0.3) is 0 Å². The number of carbonyl (C=O) groups excluding carboxylic acids is 1. The van der Waals surface area contributed by atoms with Gasteiger partial charge in [0.25, 0.3) is 5.91 Å². The topological polar surface area (TPSA) is 58.1 Å². The van der Waals surface area contributed by atoms with Crippen molar-refractivity contribution >= 4 is 17.4 Å². The van der Waals surface area contributed by atoms with E-state index in [1.165, 1.54) is 0 Å². The number of benzene rings is 2. The van der Waals surface area contributed by atoms with Crippen LogP contribution in [0.1, 0.15) is 29.9 Å². The van der Waals surface area contributed by atoms with Crippen molar-refractivity contribution < 1.29 is 4.79 Å². The molecule has 0 radical (unpaired) electrons. The second-order valence-corrected chi connectivity index (χ2v) is 6.79. The molecule has 0 spiro atoms. The Morgan fingerprint density at radius 3 is 2.19 bits per heavy atom. The minimum atomic E-state index is -0.173. The molecular formula is C22H24N4O. The highest BCUT2D eigenvalue weighted by molar-refractivity contribution is 6.04. The van der Waals surface area contributed by atoms with Crippen molar-refractivity contribution in [1.82, 2.24) is 10.2 Å². The normalized spacial score (nSPS) is 10.6. The van der Waals surface area contributed by atoms with E-state index in [4.69, 9.17) is 0 Å². The first-order valence-electron chi connectivity index (χ1n) is 9.12. The van der Waals surface area contributed by atoms with E-state index in [1.54, 1.807) is 17.0 Å². The fourth-order valence-electron chi connectivity index (χ4n) is 2.64. The van der Waals surface area contributed by atoms with Gasteiger partial charge in [0, 0.05) is 12.2 Å². The van der Waals surface area contributed by atoms with E-state index in [9.17, 15) is 4.79 Å². The fourth-order valence-corrected chi connectivity index (χ4v) is 2.64. The van der Waals surface area contributed by atoms with Crippen molar-refractivity contribution in [3.63, 3.8) is 0 Å². The largest absolute Gasteiger partial charge is 0.368 e. The zero-order chi connectivity index (χ0) is 19.1. The zero-order valence-electron chi connectivity index (χ0n) is 15.7. The van der Waals surface area contributed by atoms with Crippen LogP contribution < -0.4 is 10.2 Å². The molecule has 1 aromatic heterocycles. The van der Waals surface area contributed by atoms with Crippen LogP contribution in [-0.4, -0.2) is 22.6 Å². The average molecular weight is 360 g/mol. The second-order valence-electron chi connectivity index (χ2n) is 6.79. The van der Waals surface area contributed by atoms with Gasteiger partial charge in [0.05, 0.1) is 6.54 Å². The molecule has 0 aliphatic heterocycles. The summed E-state index contributed by atoms with van der Waals surface area (Å²) in [5, 5.41) is 11.5. The maximum absolute atomic E-state index is 13.1. The first-order valence-corrected chi connectivity index (χ1v) is 9.12. The smallest absolute Gasteiger partial charge is 0.279 e. The number of anilines is 2. The van der Waals surface area contributed by atoms with Crippen molar-refractivity contribution in [3.05, 3.63) is 84.1 Å². The number of hydrogen-bond acceptors (Lipinski definition) is 4. The quantitative estimate of drug-likeness (QED) is 0.679. The lowest BCUT2D eigenvalue weighted by molar-refractivity contribution is 0.0979. The Kier molecular flexibility index (Phi) is 6.15. The molecule has 0 unspecified atom stereocenters. The summed E-state index contributed by atoms with van der Waals surface area (Å²) in [6.07, 6.45) is 0. The summed E-state index contributed by atoms with van der Waals surface area (Å²) in [4.78, 5) is 14.9. The molecule has 0 saturated carbocycles. The van der Waals surface area contributed by atoms with Crippen LogP contribution in [0.5, 0.6) is 0 Å². The number of nitrogens with one attached hydrogen (secondary N) is 1. The third-order valence-electron chi connectivity index (χ3n) is 4.07. The predicted octanol–water partition coefficient (Wildman–Crippen LogP) is 4.39. The molecule has 0 bridgehead atoms. The van der Waals surface area contributed by atoms with E-state index in [2.05, 4.69) is 29.4 Å². The molecule has 5 heteroatoms. The molecule has 0 fully saturated rings. The molecular weight excluding hydrogens is 336 g/mol. The standard InChI is InChI=1S/C22H24N4O/c1-17(2)15-23-21-14-13-20(24-25-21)22(27)26(19-11-7-4-8-12-19)16-18-9-5-3-6-10-18/h3-14,17H,15-16H2,1-2H3,(H,23,25). The molecule has 1 N–H and O–H groups in total. The molecule has 0 atom stereocenters. The Hall–Kier alpha value is -3.21. The van der Waals surface area contributed by atoms with Gasteiger partial charge in [-0.3, -0.25) is 4.79 Å². The van der Waals surface area contributed by atoms with E-state index < -0.39 is 0 Å². The average Bonchev–Trinajstić information content (AvgIpc) is 2.72. The van der Waals surface area contributed by atoms with Gasteiger partial charge in [-0.15, -0.1) is 10.2 Å². The Balaban J connectivity index is 1.82. The molecule has 5 nitrogen and oxygen atoms in total. The SMILES string of the molecule is CC(C)CNc1ccc(C(=O)N(Cc2ccccc2)c2ccccc2)nn1. The maximum Gasteiger partial charge on any atom is 0.279 e. The molecule has 3 aromatic rings. The highest BCUT2D eigenvalue weighted by atomic mass is 16.2. The third-order valence-corrected chi connectivity index (χ3v) is 4.07. The molecule has 138 valence electrons. The second kappa shape index (κ2) is 8.94. The maximum atomic E-state index is 13.1. The minimum Gasteiger partial charge on any atom is -0.368 e. The van der Waals surface area contributed by atoms with Gasteiger partial charge in [-0.2, -0.15) is 0 Å². The highest BCUT2D eigenvalue weighted by Gasteiger charge is 2.20. The van der Waals surface area contributed by atoms with Crippen molar-refractivity contribution in [1.29, 1.82) is 0 Å². The van der Waals surface area contributed by atoms with Crippen molar-refractivity contribution in [2.45, 2.75) is 20.4 Å². The summed E-state index contributed by atoms with van der Waals surface area (Å²) in [5.74, 6) is 1.01. The summed E-state index contributed by atoms with van der Waals surface area (Å²) in [7, 11) is 0. The lowest BCUT2D eigenvalue weighted by atomic mass is 10.2. The van der Waals surface area contributed by atoms with Gasteiger partial charge in [0.1, 0.15) is 5.82 Å². The summed E-state index contributed by atoms with van der Waals surface area (Å²) in [6.45, 7) is 5.53. The van der Waals surface area contributed by atoms with Gasteiger partial charge < -0.3 is 10.2 Å². The van der Waals surface area contributed by atoms with Crippen LogP contribution in [0.4, 0.5) is 11.5 Å². The van der Waals surface area contributed by atoms with Gasteiger partial charge in [-0.05, 0) is 35.7 Å². The molecule has 1 heterocycles. The van der Waals surface area contributed by atoms with Crippen LogP contribution in [0.15, 0.2) is 72.8 Å². The number of nitrogens with zero attached hydrogens (tertiary/aromatic N) is 3. The minimum absolute atomic E-state index is 0.173. The van der Waals surface area contributed by atoms with Gasteiger partial charge in [0.2, 0.25) is 0 Å². The zero-order valence-corrected chi connectivity index (χ0v) is 15.7. The van der Waals surface area contributed by atoms with Crippen LogP contribution in [0.2, 0.25) is 0 Å². The number of aromatic nitrogens is 2. The molecule has 0 aliphatic rings. The first kappa shape index (κ1) is 18.6. The highest BCUT2D eigenvalue weighted by Crippen LogP contribution is 2.19. The fraction of sp³-hybridized carbons (Fsp3) is 0.227. The Bertz CT molecular complexity index is 849. The molecule has 0 saturated heterocycles. The van der Waals surface area contributed by atoms with Crippen LogP contribution >= 0.6 is 0 Å². The Morgan fingerprint density at radius 1 is 0.926 bits per heavy atom. The van der Waals surface area contributed by atoms with E-state index in [-0.39, 0.29) is 5.91 Å². The van der Waals surface area contributed by atoms with Crippen LogP contribution in [0, 0.1) is 5.92 Å². The monoisotopic (exact) mass is 360 g/mol. The van der Waals surface area contributed by atoms with E-state index in [0.29, 0.717) is 24.0 Å². The van der Waals surface area contributed by atoms with Gasteiger partial charge in [-0.25, -0.2) is 0 Å². The number of rotatable bonds is 7. The molecule has 2 aromatic carbocycles. The molecule has 0 aliphatic carbocycles. The number of carbonyl (C=O) groups is 1. The van der Waals surface area contributed by atoms with E-state index in [0.717, 1.165) is 17.8 Å². The molecule has 3 rings (SSSR count). The number of hydrogen-bond donors (Lipinski definition) is 1. The predicted molar refractivity (Wildman–Crippen MR) is 109 cm³/mol. The van der Waals surface area contributed by atoms with Crippen molar-refractivity contribution in [2.75, 3.05) is 16.8 Å². The van der Waals surface area contributed by atoms with Gasteiger partial charge in [-0.1, -0.05) is 62.4 Å². The summed E-state index contributed by atoms with van der Waals surface area (Å²) in [5.41, 5.74) is 2.21. The molecule has 27 heavy (non-hydrogen) atoms. The Labute approximate surface area is 160 Å². The Morgan fingerprint density at radius 2 is 1.59 bits per heavy atom. The van der Waals surface area contributed by atoms with Crippen molar-refractivity contribution in [3.8, 4) is 0 Å². The van der Waals surface area contributed by atoms with E-state index in [1.807, 2.05) is 60.7 Å². The van der Waals surface area contributed by atoms with Gasteiger partial charge in [0.15, 0.2) is 5.69 Å². The van der Waals surface area contributed by atoms with Gasteiger partial charge >= 0.3 is 0 Å². The molecule has 1 amide bonds.